The van der Waals surface area contributed by atoms with E-state index in [1.807, 2.05) is 0 Å². The Balaban J connectivity index is 1.94. The number of aromatic nitrogens is 1. The second kappa shape index (κ2) is 4.63. The lowest BCUT2D eigenvalue weighted by molar-refractivity contribution is -0.0815. The molecule has 2 heterocycles. The van der Waals surface area contributed by atoms with Crippen molar-refractivity contribution >= 4 is 21.1 Å². The molecule has 0 atom stereocenters. The first-order valence-electron chi connectivity index (χ1n) is 6.58. The van der Waals surface area contributed by atoms with Crippen LogP contribution in [0, 0.1) is 5.92 Å². The maximum atomic E-state index is 13.1. The Bertz CT molecular complexity index is 889. The number of benzene rings is 1. The molecule has 0 N–H and O–H groups in total. The Morgan fingerprint density at radius 1 is 1.32 bits per heavy atom. The van der Waals surface area contributed by atoms with Crippen molar-refractivity contribution < 1.29 is 21.6 Å². The first-order valence-corrected chi connectivity index (χ1v) is 8.02. The zero-order valence-corrected chi connectivity index (χ0v) is 12.7. The summed E-state index contributed by atoms with van der Waals surface area (Å²) in [6.07, 6.45) is 0. The number of oxazole rings is 1. The second-order valence-corrected chi connectivity index (χ2v) is 7.47. The molecular weight excluding hydrogens is 318 g/mol. The van der Waals surface area contributed by atoms with E-state index in [2.05, 4.69) is 0 Å². The summed E-state index contributed by atoms with van der Waals surface area (Å²) in [6.45, 7) is 0.358. The molecule has 3 rings (SSSR count). The Kier molecular flexibility index (Phi) is 3.19. The molecule has 2 aromatic rings. The highest BCUT2D eigenvalue weighted by molar-refractivity contribution is 7.89. The summed E-state index contributed by atoms with van der Waals surface area (Å²) in [5, 5.41) is 0. The van der Waals surface area contributed by atoms with Crippen LogP contribution in [-0.4, -0.2) is 36.3 Å². The molecule has 1 saturated heterocycles. The third-order valence-corrected chi connectivity index (χ3v) is 5.79. The third kappa shape index (κ3) is 2.24. The van der Waals surface area contributed by atoms with Gasteiger partial charge in [-0.1, -0.05) is 0 Å². The van der Waals surface area contributed by atoms with Gasteiger partial charge in [0.25, 0.3) is 5.92 Å². The molecule has 0 aliphatic carbocycles. The topological polar surface area (TPSA) is 72.5 Å². The average molecular weight is 332 g/mol. The van der Waals surface area contributed by atoms with Gasteiger partial charge in [-0.25, -0.2) is 22.0 Å². The van der Waals surface area contributed by atoms with E-state index in [0.717, 1.165) is 11.2 Å². The van der Waals surface area contributed by atoms with Gasteiger partial charge in [-0.3, -0.25) is 4.57 Å². The minimum atomic E-state index is -3.85. The average Bonchev–Trinajstić information content (AvgIpc) is 2.60. The Morgan fingerprint density at radius 3 is 2.55 bits per heavy atom. The monoisotopic (exact) mass is 332 g/mol. The van der Waals surface area contributed by atoms with Crippen LogP contribution in [0.25, 0.3) is 11.1 Å². The van der Waals surface area contributed by atoms with Crippen molar-refractivity contribution in [1.29, 1.82) is 0 Å². The Hall–Kier alpha value is -1.74. The minimum Gasteiger partial charge on any atom is -0.408 e. The predicted octanol–water partition coefficient (Wildman–Crippen LogP) is 1.41. The van der Waals surface area contributed by atoms with Gasteiger partial charge >= 0.3 is 5.76 Å². The molecule has 0 bridgehead atoms. The van der Waals surface area contributed by atoms with Crippen LogP contribution in [0.2, 0.25) is 0 Å². The summed E-state index contributed by atoms with van der Waals surface area (Å²) in [6, 6.07) is 4.00. The van der Waals surface area contributed by atoms with Crippen molar-refractivity contribution in [3.63, 3.8) is 0 Å². The van der Waals surface area contributed by atoms with Crippen LogP contribution < -0.4 is 5.76 Å². The number of hydrogen-bond acceptors (Lipinski definition) is 4. The van der Waals surface area contributed by atoms with Crippen LogP contribution in [0.4, 0.5) is 8.78 Å². The van der Waals surface area contributed by atoms with Crippen molar-refractivity contribution in [2.75, 3.05) is 13.1 Å². The lowest BCUT2D eigenvalue weighted by atomic mass is 9.97. The lowest BCUT2D eigenvalue weighted by Crippen LogP contribution is -2.55. The molecule has 0 spiro atoms. The molecule has 1 aromatic heterocycles. The molecule has 9 heteroatoms. The fourth-order valence-electron chi connectivity index (χ4n) is 2.37. The fraction of sp³-hybridized carbons (Fsp3) is 0.462. The lowest BCUT2D eigenvalue weighted by Gasteiger charge is -2.40. The van der Waals surface area contributed by atoms with Crippen molar-refractivity contribution in [2.24, 2.45) is 13.0 Å². The van der Waals surface area contributed by atoms with Gasteiger partial charge in [-0.15, -0.1) is 0 Å². The molecule has 1 aliphatic heterocycles. The maximum absolute atomic E-state index is 13.1. The van der Waals surface area contributed by atoms with E-state index < -0.39 is 27.6 Å². The van der Waals surface area contributed by atoms with E-state index in [4.69, 9.17) is 4.42 Å². The van der Waals surface area contributed by atoms with Gasteiger partial charge in [0.05, 0.1) is 16.3 Å². The standard InChI is InChI=1S/C13H14F2N2O4S/c1-13(14,15)8-6-17(7-8)22(19,20)9-3-4-11-10(5-9)16(2)12(18)21-11/h3-5,8H,6-7H2,1-2H3. The van der Waals surface area contributed by atoms with Gasteiger partial charge in [0.15, 0.2) is 5.58 Å². The number of sulfonamides is 1. The van der Waals surface area contributed by atoms with Gasteiger partial charge in [0, 0.05) is 20.1 Å². The zero-order chi connectivity index (χ0) is 16.3. The van der Waals surface area contributed by atoms with E-state index in [-0.39, 0.29) is 23.6 Å². The molecule has 22 heavy (non-hydrogen) atoms. The Labute approximate surface area is 125 Å². The van der Waals surface area contributed by atoms with Gasteiger partial charge in [-0.05, 0) is 25.1 Å². The molecule has 1 aliphatic rings. The van der Waals surface area contributed by atoms with E-state index in [0.29, 0.717) is 5.52 Å². The van der Waals surface area contributed by atoms with Crippen molar-refractivity contribution in [2.45, 2.75) is 17.7 Å². The van der Waals surface area contributed by atoms with Crippen LogP contribution in [-0.2, 0) is 17.1 Å². The number of fused-ring (bicyclic) bond motifs is 1. The normalized spacial score (nSPS) is 17.8. The minimum absolute atomic E-state index is 0.0470. The van der Waals surface area contributed by atoms with E-state index in [1.54, 1.807) is 0 Å². The molecule has 120 valence electrons. The van der Waals surface area contributed by atoms with Crippen LogP contribution in [0.15, 0.2) is 32.3 Å². The zero-order valence-electron chi connectivity index (χ0n) is 11.9. The summed E-state index contributed by atoms with van der Waals surface area (Å²) in [5.41, 5.74) is 0.608. The van der Waals surface area contributed by atoms with Crippen LogP contribution in [0.5, 0.6) is 0 Å². The van der Waals surface area contributed by atoms with Gasteiger partial charge in [0.1, 0.15) is 0 Å². The van der Waals surface area contributed by atoms with Gasteiger partial charge in [0.2, 0.25) is 10.0 Å². The quantitative estimate of drug-likeness (QED) is 0.852. The first-order chi connectivity index (χ1) is 10.1. The number of hydrogen-bond donors (Lipinski definition) is 0. The largest absolute Gasteiger partial charge is 0.419 e. The molecule has 1 fully saturated rings. The SMILES string of the molecule is Cn1c(=O)oc2ccc(S(=O)(=O)N3CC(C(C)(F)F)C3)cc21. The third-order valence-electron chi connectivity index (χ3n) is 3.97. The summed E-state index contributed by atoms with van der Waals surface area (Å²) in [5.74, 6) is -4.46. The van der Waals surface area contributed by atoms with Crippen LogP contribution in [0.3, 0.4) is 0 Å². The summed E-state index contributed by atoms with van der Waals surface area (Å²) in [4.78, 5) is 11.4. The predicted molar refractivity (Wildman–Crippen MR) is 74.3 cm³/mol. The van der Waals surface area contributed by atoms with Crippen LogP contribution >= 0.6 is 0 Å². The van der Waals surface area contributed by atoms with Crippen molar-refractivity contribution in [1.82, 2.24) is 8.87 Å². The fourth-order valence-corrected chi connectivity index (χ4v) is 3.92. The highest BCUT2D eigenvalue weighted by Crippen LogP contribution is 2.35. The summed E-state index contributed by atoms with van der Waals surface area (Å²) in [7, 11) is -2.39. The molecule has 6 nitrogen and oxygen atoms in total. The van der Waals surface area contributed by atoms with Crippen LogP contribution in [0.1, 0.15) is 6.92 Å². The van der Waals surface area contributed by atoms with Gasteiger partial charge < -0.3 is 4.42 Å². The number of aryl methyl sites for hydroxylation is 1. The second-order valence-electron chi connectivity index (χ2n) is 5.53. The molecule has 0 radical (unpaired) electrons. The number of halogens is 2. The number of rotatable bonds is 3. The van der Waals surface area contributed by atoms with Gasteiger partial charge in [-0.2, -0.15) is 4.31 Å². The maximum Gasteiger partial charge on any atom is 0.419 e. The smallest absolute Gasteiger partial charge is 0.408 e. The molecule has 0 unspecified atom stereocenters. The Morgan fingerprint density at radius 2 is 1.95 bits per heavy atom. The summed E-state index contributed by atoms with van der Waals surface area (Å²) < 4.78 is 58.2. The number of nitrogens with zero attached hydrogens (tertiary/aromatic N) is 2. The molecule has 0 saturated carbocycles. The summed E-state index contributed by atoms with van der Waals surface area (Å²) >= 11 is 0. The molecule has 0 amide bonds. The number of alkyl halides is 2. The first kappa shape index (κ1) is 15.2. The molecular formula is C13H14F2N2O4S. The van der Waals surface area contributed by atoms with Crippen molar-refractivity contribution in [3.05, 3.63) is 28.7 Å². The van der Waals surface area contributed by atoms with E-state index in [1.165, 1.54) is 29.8 Å². The molecule has 1 aromatic carbocycles. The van der Waals surface area contributed by atoms with Crippen molar-refractivity contribution in [3.8, 4) is 0 Å². The highest BCUT2D eigenvalue weighted by atomic mass is 32.2. The highest BCUT2D eigenvalue weighted by Gasteiger charge is 2.47. The van der Waals surface area contributed by atoms with E-state index in [9.17, 15) is 22.0 Å². The van der Waals surface area contributed by atoms with E-state index >= 15 is 0 Å².